The molecule has 0 radical (unpaired) electrons. The third-order valence-electron chi connectivity index (χ3n) is 4.74. The maximum absolute atomic E-state index is 13.1. The Morgan fingerprint density at radius 1 is 1.27 bits per heavy atom. The number of carbonyl (C=O) groups is 1. The molecule has 6 heteroatoms. The van der Waals surface area contributed by atoms with Crippen LogP contribution in [0.1, 0.15) is 17.5 Å². The lowest BCUT2D eigenvalue weighted by molar-refractivity contribution is -0.115. The van der Waals surface area contributed by atoms with Crippen LogP contribution in [0.2, 0.25) is 0 Å². The van der Waals surface area contributed by atoms with Crippen LogP contribution in [-0.2, 0) is 11.2 Å². The molecule has 2 aromatic rings. The van der Waals surface area contributed by atoms with Gasteiger partial charge in [0.05, 0.1) is 12.7 Å². The van der Waals surface area contributed by atoms with Gasteiger partial charge in [-0.1, -0.05) is 6.07 Å². The topological polar surface area (TPSA) is 64.8 Å². The second-order valence-electron chi connectivity index (χ2n) is 6.27. The Morgan fingerprint density at radius 2 is 2.12 bits per heavy atom. The van der Waals surface area contributed by atoms with Gasteiger partial charge in [0.15, 0.2) is 0 Å². The normalized spacial score (nSPS) is 15.0. The molecule has 26 heavy (non-hydrogen) atoms. The van der Waals surface area contributed by atoms with Crippen molar-refractivity contribution < 1.29 is 14.3 Å². The number of ether oxygens (including phenoxy) is 2. The van der Waals surface area contributed by atoms with Gasteiger partial charge in [-0.15, -0.1) is 12.4 Å². The molecule has 0 aromatic heterocycles. The Balaban J connectivity index is 0.00000196. The minimum Gasteiger partial charge on any atom is -0.497 e. The van der Waals surface area contributed by atoms with Crippen molar-refractivity contribution in [1.29, 1.82) is 0 Å². The van der Waals surface area contributed by atoms with Gasteiger partial charge < -0.3 is 20.1 Å². The average Bonchev–Trinajstić information content (AvgIpc) is 2.66. The van der Waals surface area contributed by atoms with E-state index in [1.54, 1.807) is 7.11 Å². The molecule has 4 rings (SSSR count). The Kier molecular flexibility index (Phi) is 5.09. The first-order chi connectivity index (χ1) is 12.2. The van der Waals surface area contributed by atoms with Crippen molar-refractivity contribution in [2.24, 2.45) is 0 Å². The smallest absolute Gasteiger partial charge is 0.257 e. The van der Waals surface area contributed by atoms with Gasteiger partial charge in [-0.25, -0.2) is 0 Å². The number of nitrogen functional groups attached to an aromatic ring is 1. The van der Waals surface area contributed by atoms with Gasteiger partial charge in [-0.3, -0.25) is 4.79 Å². The van der Waals surface area contributed by atoms with E-state index in [1.807, 2.05) is 47.4 Å². The third kappa shape index (κ3) is 3.10. The molecular weight excluding hydrogens is 352 g/mol. The van der Waals surface area contributed by atoms with E-state index < -0.39 is 0 Å². The first kappa shape index (κ1) is 18.1. The standard InChI is InChI=1S/C20H20N2O3.ClH/c1-24-15-7-8-19-13(11-15)10-14(12-25-19)20(23)22-9-3-4-16-17(21)5-2-6-18(16)22;/h2,5-8,10-11H,3-4,9,12,21H2,1H3;1H. The molecule has 0 spiro atoms. The highest BCUT2D eigenvalue weighted by atomic mass is 35.5. The summed E-state index contributed by atoms with van der Waals surface area (Å²) in [6, 6.07) is 11.3. The van der Waals surface area contributed by atoms with Crippen molar-refractivity contribution in [3.05, 3.63) is 53.1 Å². The number of hydrogen-bond acceptors (Lipinski definition) is 4. The number of fused-ring (bicyclic) bond motifs is 2. The average molecular weight is 373 g/mol. The second-order valence-corrected chi connectivity index (χ2v) is 6.27. The zero-order valence-electron chi connectivity index (χ0n) is 14.5. The lowest BCUT2D eigenvalue weighted by atomic mass is 9.98. The molecule has 2 N–H and O–H groups in total. The Labute approximate surface area is 158 Å². The Morgan fingerprint density at radius 3 is 2.92 bits per heavy atom. The highest BCUT2D eigenvalue weighted by molar-refractivity contribution is 6.10. The lowest BCUT2D eigenvalue weighted by Crippen LogP contribution is -2.38. The number of carbonyl (C=O) groups excluding carboxylic acids is 1. The molecule has 0 unspecified atom stereocenters. The number of hydrogen-bond donors (Lipinski definition) is 1. The van der Waals surface area contributed by atoms with E-state index >= 15 is 0 Å². The van der Waals surface area contributed by atoms with E-state index in [1.165, 1.54) is 0 Å². The maximum Gasteiger partial charge on any atom is 0.257 e. The van der Waals surface area contributed by atoms with Crippen LogP contribution < -0.4 is 20.1 Å². The highest BCUT2D eigenvalue weighted by Crippen LogP contribution is 2.34. The predicted molar refractivity (Wildman–Crippen MR) is 105 cm³/mol. The van der Waals surface area contributed by atoms with Crippen molar-refractivity contribution in [2.75, 3.05) is 30.9 Å². The second kappa shape index (κ2) is 7.30. The van der Waals surface area contributed by atoms with Gasteiger partial charge in [0.25, 0.3) is 5.91 Å². The largest absolute Gasteiger partial charge is 0.497 e. The first-order valence-corrected chi connectivity index (χ1v) is 8.38. The van der Waals surface area contributed by atoms with E-state index in [9.17, 15) is 4.79 Å². The summed E-state index contributed by atoms with van der Waals surface area (Å²) in [7, 11) is 1.62. The molecule has 0 bridgehead atoms. The van der Waals surface area contributed by atoms with E-state index in [4.69, 9.17) is 15.2 Å². The third-order valence-corrected chi connectivity index (χ3v) is 4.74. The van der Waals surface area contributed by atoms with Crippen LogP contribution in [0.25, 0.3) is 6.08 Å². The van der Waals surface area contributed by atoms with Gasteiger partial charge in [-0.2, -0.15) is 0 Å². The van der Waals surface area contributed by atoms with Crippen LogP contribution >= 0.6 is 12.4 Å². The van der Waals surface area contributed by atoms with E-state index in [0.717, 1.165) is 46.8 Å². The molecule has 5 nitrogen and oxygen atoms in total. The number of nitrogens with two attached hydrogens (primary N) is 1. The van der Waals surface area contributed by atoms with Gasteiger partial charge in [0.2, 0.25) is 0 Å². The molecule has 0 atom stereocenters. The number of halogens is 1. The summed E-state index contributed by atoms with van der Waals surface area (Å²) in [5.74, 6) is 1.48. The molecule has 0 saturated heterocycles. The van der Waals surface area contributed by atoms with Crippen LogP contribution in [-0.4, -0.2) is 26.2 Å². The van der Waals surface area contributed by atoms with Crippen molar-refractivity contribution in [3.63, 3.8) is 0 Å². The Hall–Kier alpha value is -2.66. The minimum absolute atomic E-state index is 0. The number of methoxy groups -OCH3 is 1. The minimum atomic E-state index is -0.0278. The summed E-state index contributed by atoms with van der Waals surface area (Å²) >= 11 is 0. The first-order valence-electron chi connectivity index (χ1n) is 8.38. The quantitative estimate of drug-likeness (QED) is 0.820. The van der Waals surface area contributed by atoms with Crippen molar-refractivity contribution in [1.82, 2.24) is 0 Å². The molecule has 0 fully saturated rings. The SMILES string of the molecule is COc1ccc2c(c1)C=C(C(=O)N1CCCc3c(N)cccc31)CO2.Cl. The van der Waals surface area contributed by atoms with Crippen molar-refractivity contribution in [3.8, 4) is 11.5 Å². The zero-order valence-corrected chi connectivity index (χ0v) is 15.3. The summed E-state index contributed by atoms with van der Waals surface area (Å²) in [5, 5.41) is 0. The monoisotopic (exact) mass is 372 g/mol. The van der Waals surface area contributed by atoms with Gasteiger partial charge in [0, 0.05) is 23.5 Å². The fraction of sp³-hybridized carbons (Fsp3) is 0.250. The Bertz CT molecular complexity index is 879. The summed E-state index contributed by atoms with van der Waals surface area (Å²) in [6.45, 7) is 0.962. The fourth-order valence-electron chi connectivity index (χ4n) is 3.44. The van der Waals surface area contributed by atoms with Crippen LogP contribution in [0.5, 0.6) is 11.5 Å². The number of rotatable bonds is 2. The molecule has 2 aliphatic heterocycles. The number of nitrogens with zero attached hydrogens (tertiary/aromatic N) is 1. The van der Waals surface area contributed by atoms with Gasteiger partial charge >= 0.3 is 0 Å². The molecule has 1 amide bonds. The number of benzene rings is 2. The summed E-state index contributed by atoms with van der Waals surface area (Å²) in [6.07, 6.45) is 3.71. The molecule has 2 aromatic carbocycles. The maximum atomic E-state index is 13.1. The van der Waals surface area contributed by atoms with E-state index in [0.29, 0.717) is 12.1 Å². The van der Waals surface area contributed by atoms with Crippen LogP contribution in [0.4, 0.5) is 11.4 Å². The fourth-order valence-corrected chi connectivity index (χ4v) is 3.44. The zero-order chi connectivity index (χ0) is 17.4. The van der Waals surface area contributed by atoms with Crippen LogP contribution in [0.15, 0.2) is 42.0 Å². The molecule has 0 aliphatic carbocycles. The van der Waals surface area contributed by atoms with Crippen LogP contribution in [0.3, 0.4) is 0 Å². The van der Waals surface area contributed by atoms with E-state index in [2.05, 4.69) is 0 Å². The van der Waals surface area contributed by atoms with Crippen molar-refractivity contribution >= 4 is 35.8 Å². The summed E-state index contributed by atoms with van der Waals surface area (Å²) in [4.78, 5) is 14.9. The molecule has 2 aliphatic rings. The number of amides is 1. The molecule has 136 valence electrons. The van der Waals surface area contributed by atoms with E-state index in [-0.39, 0.29) is 24.9 Å². The molecule has 0 saturated carbocycles. The molecule has 2 heterocycles. The highest BCUT2D eigenvalue weighted by Gasteiger charge is 2.27. The summed E-state index contributed by atoms with van der Waals surface area (Å²) in [5.41, 5.74) is 10.3. The summed E-state index contributed by atoms with van der Waals surface area (Å²) < 4.78 is 11.0. The van der Waals surface area contributed by atoms with Gasteiger partial charge in [-0.05, 0) is 54.8 Å². The predicted octanol–water partition coefficient (Wildman–Crippen LogP) is 3.45. The molecular formula is C20H21ClN2O3. The van der Waals surface area contributed by atoms with Gasteiger partial charge in [0.1, 0.15) is 18.1 Å². The number of anilines is 2. The van der Waals surface area contributed by atoms with Crippen molar-refractivity contribution in [2.45, 2.75) is 12.8 Å². The lowest BCUT2D eigenvalue weighted by Gasteiger charge is -2.31. The van der Waals surface area contributed by atoms with Crippen LogP contribution in [0, 0.1) is 0 Å².